The van der Waals surface area contributed by atoms with Crippen molar-refractivity contribution in [2.45, 2.75) is 97.1 Å². The number of carbonyl (C=O) groups excluding carboxylic acids is 3. The third-order valence-corrected chi connectivity index (χ3v) is 10.3. The Kier molecular flexibility index (Phi) is 7.54. The van der Waals surface area contributed by atoms with Crippen molar-refractivity contribution in [3.8, 4) is 0 Å². The van der Waals surface area contributed by atoms with Crippen molar-refractivity contribution in [3.05, 3.63) is 23.6 Å². The molecule has 0 amide bonds. The summed E-state index contributed by atoms with van der Waals surface area (Å²) < 4.78 is 62.5. The maximum Gasteiger partial charge on any atom is 0.509 e. The van der Waals surface area contributed by atoms with Gasteiger partial charge in [0.05, 0.1) is 6.10 Å². The summed E-state index contributed by atoms with van der Waals surface area (Å²) >= 11 is 0. The third-order valence-electron chi connectivity index (χ3n) is 10.3. The molecule has 4 aliphatic carbocycles. The fourth-order valence-electron chi connectivity index (χ4n) is 8.32. The van der Waals surface area contributed by atoms with Gasteiger partial charge in [-0.05, 0) is 49.7 Å². The van der Waals surface area contributed by atoms with Crippen molar-refractivity contribution in [2.75, 3.05) is 6.86 Å². The fraction of sp³-hybridized carbons (Fsp3) is 0.759. The quantitative estimate of drug-likeness (QED) is 0.419. The minimum Gasteiger partial charge on any atom is -0.431 e. The van der Waals surface area contributed by atoms with Crippen LogP contribution in [0.5, 0.6) is 0 Å². The molecule has 1 unspecified atom stereocenters. The maximum absolute atomic E-state index is 17.4. The van der Waals surface area contributed by atoms with Gasteiger partial charge in [0.1, 0.15) is 11.9 Å². The van der Waals surface area contributed by atoms with Gasteiger partial charge in [-0.1, -0.05) is 40.7 Å². The number of carbonyl (C=O) groups is 3. The largest absolute Gasteiger partial charge is 0.509 e. The van der Waals surface area contributed by atoms with Crippen LogP contribution in [-0.4, -0.2) is 53.4 Å². The first-order chi connectivity index (χ1) is 18.1. The second-order valence-corrected chi connectivity index (χ2v) is 12.5. The van der Waals surface area contributed by atoms with Gasteiger partial charge in [-0.3, -0.25) is 4.79 Å². The summed E-state index contributed by atoms with van der Waals surface area (Å²) in [4.78, 5) is 38.7. The van der Waals surface area contributed by atoms with E-state index >= 15 is 8.78 Å². The zero-order valence-corrected chi connectivity index (χ0v) is 23.4. The highest BCUT2D eigenvalue weighted by molar-refractivity contribution is 5.93. The molecule has 0 aromatic heterocycles. The van der Waals surface area contributed by atoms with Crippen LogP contribution >= 0.6 is 0 Å². The van der Waals surface area contributed by atoms with Gasteiger partial charge in [-0.15, -0.1) is 0 Å². The molecule has 2 fully saturated rings. The van der Waals surface area contributed by atoms with Gasteiger partial charge >= 0.3 is 12.1 Å². The molecule has 0 spiro atoms. The minimum absolute atomic E-state index is 0.0182. The van der Waals surface area contributed by atoms with Gasteiger partial charge in [-0.2, -0.15) is 0 Å². The number of aliphatic hydroxyl groups is 1. The number of hydrogen-bond acceptors (Lipinski definition) is 7. The Labute approximate surface area is 227 Å². The Balaban J connectivity index is 1.81. The van der Waals surface area contributed by atoms with Crippen LogP contribution in [0.2, 0.25) is 0 Å². The van der Waals surface area contributed by atoms with E-state index < -0.39 is 83.3 Å². The molecule has 39 heavy (non-hydrogen) atoms. The van der Waals surface area contributed by atoms with Crippen LogP contribution in [0.1, 0.15) is 73.6 Å². The monoisotopic (exact) mass is 556 g/mol. The van der Waals surface area contributed by atoms with Crippen LogP contribution in [0, 0.1) is 34.5 Å². The smallest absolute Gasteiger partial charge is 0.431 e. The molecule has 0 aromatic rings. The summed E-state index contributed by atoms with van der Waals surface area (Å²) in [5.74, 6) is -4.86. The van der Waals surface area contributed by atoms with Crippen LogP contribution in [0.3, 0.4) is 0 Å². The zero-order valence-electron chi connectivity index (χ0n) is 23.4. The van der Waals surface area contributed by atoms with Crippen molar-refractivity contribution in [1.29, 1.82) is 0 Å². The number of aliphatic hydroxyl groups excluding tert-OH is 1. The molecule has 0 radical (unpaired) electrons. The van der Waals surface area contributed by atoms with E-state index in [1.807, 2.05) is 20.8 Å². The second kappa shape index (κ2) is 9.93. The molecule has 1 N–H and O–H groups in total. The first-order valence-electron chi connectivity index (χ1n) is 13.7. The molecule has 0 aliphatic heterocycles. The van der Waals surface area contributed by atoms with E-state index in [1.165, 1.54) is 19.1 Å². The van der Waals surface area contributed by atoms with E-state index in [4.69, 9.17) is 14.2 Å². The Morgan fingerprint density at radius 1 is 1.23 bits per heavy atom. The summed E-state index contributed by atoms with van der Waals surface area (Å²) in [6.07, 6.45) is -1.25. The molecule has 0 bridgehead atoms. The zero-order chi connectivity index (χ0) is 29.1. The van der Waals surface area contributed by atoms with E-state index in [-0.39, 0.29) is 36.5 Å². The molecule has 0 aromatic carbocycles. The molecular weight excluding hydrogens is 517 g/mol. The third kappa shape index (κ3) is 3.98. The molecule has 0 saturated heterocycles. The van der Waals surface area contributed by atoms with E-state index in [1.54, 1.807) is 13.8 Å². The van der Waals surface area contributed by atoms with Gasteiger partial charge in [-0.25, -0.2) is 22.8 Å². The van der Waals surface area contributed by atoms with E-state index in [9.17, 15) is 23.9 Å². The Morgan fingerprint density at radius 3 is 2.49 bits per heavy atom. The molecule has 4 aliphatic rings. The number of alkyl halides is 2. The predicted octanol–water partition coefficient (Wildman–Crippen LogP) is 5.70. The lowest BCUT2D eigenvalue weighted by atomic mass is 9.45. The lowest BCUT2D eigenvalue weighted by Crippen LogP contribution is -2.70. The number of hydrogen-bond donors (Lipinski definition) is 1. The van der Waals surface area contributed by atoms with Gasteiger partial charge < -0.3 is 19.3 Å². The van der Waals surface area contributed by atoms with Crippen LogP contribution in [-0.2, 0) is 23.8 Å². The molecule has 9 atom stereocenters. The summed E-state index contributed by atoms with van der Waals surface area (Å²) in [6.45, 7) is 8.74. The lowest BCUT2D eigenvalue weighted by Gasteiger charge is -2.62. The Hall–Kier alpha value is -2.36. The highest BCUT2D eigenvalue weighted by atomic mass is 19.1. The number of halogens is 3. The fourth-order valence-corrected chi connectivity index (χ4v) is 8.32. The summed E-state index contributed by atoms with van der Waals surface area (Å²) in [5.41, 5.74) is -7.50. The SMILES string of the molecule is CCC(OC(=O)O[C@]1(C(=O)OCF)[C@H](C)C[C@H]2[C@@H]3CC(F)=C4CC(=O)C=C[C@]4(C)[C@@]3(F)[C@@H](O)C[C@@]21C)C(C)C. The van der Waals surface area contributed by atoms with Crippen molar-refractivity contribution in [3.63, 3.8) is 0 Å². The van der Waals surface area contributed by atoms with Crippen molar-refractivity contribution >= 4 is 17.9 Å². The van der Waals surface area contributed by atoms with Gasteiger partial charge in [0.15, 0.2) is 11.5 Å². The molecule has 218 valence electrons. The number of rotatable bonds is 6. The average Bonchev–Trinajstić information content (AvgIpc) is 3.07. The molecule has 4 rings (SSSR count). The Bertz CT molecular complexity index is 1100. The van der Waals surface area contributed by atoms with E-state index in [0.717, 1.165) is 0 Å². The molecule has 10 heteroatoms. The maximum atomic E-state index is 17.4. The molecular formula is C29H39F3O7. The van der Waals surface area contributed by atoms with E-state index in [0.29, 0.717) is 6.42 Å². The van der Waals surface area contributed by atoms with Gasteiger partial charge in [0, 0.05) is 35.5 Å². The minimum atomic E-state index is -2.37. The van der Waals surface area contributed by atoms with Crippen LogP contribution in [0.25, 0.3) is 0 Å². The number of allylic oxidation sites excluding steroid dienone is 4. The van der Waals surface area contributed by atoms with Gasteiger partial charge in [0.2, 0.25) is 12.5 Å². The van der Waals surface area contributed by atoms with Crippen molar-refractivity contribution in [2.24, 2.45) is 34.5 Å². The first-order valence-corrected chi connectivity index (χ1v) is 13.7. The highest BCUT2D eigenvalue weighted by Gasteiger charge is 2.78. The predicted molar refractivity (Wildman–Crippen MR) is 134 cm³/mol. The molecule has 0 heterocycles. The molecule has 7 nitrogen and oxygen atoms in total. The number of esters is 1. The average molecular weight is 557 g/mol. The number of ketones is 1. The second-order valence-electron chi connectivity index (χ2n) is 12.5. The first kappa shape index (κ1) is 29.6. The van der Waals surface area contributed by atoms with Crippen LogP contribution in [0.15, 0.2) is 23.6 Å². The normalized spacial score (nSPS) is 42.0. The van der Waals surface area contributed by atoms with E-state index in [2.05, 4.69) is 0 Å². The highest BCUT2D eigenvalue weighted by Crippen LogP contribution is 2.71. The summed E-state index contributed by atoms with van der Waals surface area (Å²) in [6, 6.07) is 0. The van der Waals surface area contributed by atoms with Crippen molar-refractivity contribution in [1.82, 2.24) is 0 Å². The molecule has 2 saturated carbocycles. The lowest BCUT2D eigenvalue weighted by molar-refractivity contribution is -0.231. The summed E-state index contributed by atoms with van der Waals surface area (Å²) in [5, 5.41) is 11.5. The Morgan fingerprint density at radius 2 is 1.90 bits per heavy atom. The van der Waals surface area contributed by atoms with Crippen LogP contribution in [0.4, 0.5) is 18.0 Å². The number of fused-ring (bicyclic) bond motifs is 5. The standard InChI is InChI=1S/C29H39F3O7/c1-7-22(15(2)3)38-25(36)39-29(24(35)37-14-30)16(4)10-18-19-12-21(31)20-11-17(33)8-9-26(20,5)28(19,32)23(34)13-27(18,29)6/h8-9,15-16,18-19,22-23,34H,7,10-14H2,1-6H3/t16-,18+,19+,22?,23+,26+,27+,28+,29+/m1/s1. The topological polar surface area (TPSA) is 99.1 Å². The summed E-state index contributed by atoms with van der Waals surface area (Å²) in [7, 11) is 0. The van der Waals surface area contributed by atoms with Crippen molar-refractivity contribution < 1.29 is 46.9 Å². The van der Waals surface area contributed by atoms with Gasteiger partial charge in [0.25, 0.3) is 0 Å². The van der Waals surface area contributed by atoms with Crippen LogP contribution < -0.4 is 0 Å². The number of ether oxygens (including phenoxy) is 3.